The van der Waals surface area contributed by atoms with Crippen LogP contribution in [0.15, 0.2) is 66.9 Å². The molecule has 0 spiro atoms. The molecule has 1 unspecified atom stereocenters. The zero-order valence-corrected chi connectivity index (χ0v) is 20.3. The number of fused-ring (bicyclic) bond motifs is 1. The normalized spacial score (nSPS) is 15.6. The number of benzene rings is 1. The first kappa shape index (κ1) is 24.2. The quantitative estimate of drug-likeness (QED) is 0.383. The molecule has 2 aromatic heterocycles. The molecule has 1 atom stereocenters. The van der Waals surface area contributed by atoms with E-state index < -0.39 is 6.10 Å². The number of rotatable bonds is 9. The first-order valence-electron chi connectivity index (χ1n) is 11.3. The highest BCUT2D eigenvalue weighted by molar-refractivity contribution is 5.64. The highest BCUT2D eigenvalue weighted by atomic mass is 19.1. The maximum Gasteiger partial charge on any atom is 0.229 e. The zero-order valence-electron chi connectivity index (χ0n) is 20.3. The second kappa shape index (κ2) is 10.5. The Kier molecular flexibility index (Phi) is 7.26. The summed E-state index contributed by atoms with van der Waals surface area (Å²) in [5.74, 6) is 1.47. The second-order valence-corrected chi connectivity index (χ2v) is 8.04. The number of anilines is 3. The number of allylic oxidation sites excluding steroid dienone is 3. The van der Waals surface area contributed by atoms with Crippen molar-refractivity contribution >= 4 is 17.5 Å². The lowest BCUT2D eigenvalue weighted by molar-refractivity contribution is 0.0920. The first-order chi connectivity index (χ1) is 16.9. The standard InChI is InChI=1S/C26H29FN6O2/c1-6-18(9-8-16(3)27)24-23-20(14-35-24)25(28-7-2)32-26(31-23)30-19-10-11-21(22(12-19)34-5)33-13-17(4)29-15-33/h6,8-13,15,24H,1,7,14H2,2-5H3,(H2,28,30,31,32)/b16-8+,18-9+. The van der Waals surface area contributed by atoms with Crippen LogP contribution in [0, 0.1) is 6.92 Å². The van der Waals surface area contributed by atoms with Crippen molar-refractivity contribution in [2.24, 2.45) is 0 Å². The summed E-state index contributed by atoms with van der Waals surface area (Å²) in [6.45, 7) is 10.2. The predicted molar refractivity (Wildman–Crippen MR) is 135 cm³/mol. The van der Waals surface area contributed by atoms with Crippen LogP contribution < -0.4 is 15.4 Å². The minimum atomic E-state index is -0.472. The third kappa shape index (κ3) is 5.25. The van der Waals surface area contributed by atoms with E-state index in [9.17, 15) is 4.39 Å². The Morgan fingerprint density at radius 3 is 2.83 bits per heavy atom. The van der Waals surface area contributed by atoms with Gasteiger partial charge in [-0.2, -0.15) is 4.98 Å². The second-order valence-electron chi connectivity index (χ2n) is 8.04. The van der Waals surface area contributed by atoms with Gasteiger partial charge in [0.1, 0.15) is 17.7 Å². The van der Waals surface area contributed by atoms with Gasteiger partial charge < -0.3 is 24.7 Å². The number of hydrogen-bond donors (Lipinski definition) is 2. The largest absolute Gasteiger partial charge is 0.494 e. The van der Waals surface area contributed by atoms with E-state index >= 15 is 0 Å². The van der Waals surface area contributed by atoms with Crippen molar-refractivity contribution in [3.63, 3.8) is 0 Å². The van der Waals surface area contributed by atoms with Gasteiger partial charge in [0, 0.05) is 30.1 Å². The summed E-state index contributed by atoms with van der Waals surface area (Å²) in [7, 11) is 1.63. The van der Waals surface area contributed by atoms with E-state index in [1.54, 1.807) is 25.6 Å². The lowest BCUT2D eigenvalue weighted by Gasteiger charge is -2.15. The van der Waals surface area contributed by atoms with Crippen molar-refractivity contribution < 1.29 is 13.9 Å². The van der Waals surface area contributed by atoms with Crippen molar-refractivity contribution in [1.29, 1.82) is 0 Å². The van der Waals surface area contributed by atoms with Crippen LogP contribution in [0.25, 0.3) is 5.69 Å². The van der Waals surface area contributed by atoms with E-state index in [2.05, 4.69) is 27.2 Å². The first-order valence-corrected chi connectivity index (χ1v) is 11.3. The zero-order chi connectivity index (χ0) is 24.9. The Morgan fingerprint density at radius 2 is 2.17 bits per heavy atom. The van der Waals surface area contributed by atoms with Crippen LogP contribution in [0.5, 0.6) is 5.75 Å². The number of aryl methyl sites for hydroxylation is 1. The van der Waals surface area contributed by atoms with Crippen molar-refractivity contribution in [2.45, 2.75) is 33.5 Å². The molecule has 0 saturated heterocycles. The minimum Gasteiger partial charge on any atom is -0.494 e. The molecule has 0 radical (unpaired) electrons. The molecule has 0 aliphatic carbocycles. The number of aromatic nitrogens is 4. The highest BCUT2D eigenvalue weighted by Crippen LogP contribution is 2.39. The summed E-state index contributed by atoms with van der Waals surface area (Å²) < 4.78 is 26.9. The van der Waals surface area contributed by atoms with Crippen LogP contribution in [0.1, 0.15) is 36.9 Å². The van der Waals surface area contributed by atoms with Crippen molar-refractivity contribution in [1.82, 2.24) is 19.5 Å². The van der Waals surface area contributed by atoms with E-state index in [1.807, 2.05) is 42.8 Å². The lowest BCUT2D eigenvalue weighted by atomic mass is 10.0. The summed E-state index contributed by atoms with van der Waals surface area (Å²) in [5.41, 5.74) is 4.85. The number of halogens is 1. The molecule has 0 fully saturated rings. The van der Waals surface area contributed by atoms with Gasteiger partial charge in [0.15, 0.2) is 0 Å². The molecule has 0 saturated carbocycles. The Labute approximate surface area is 204 Å². The Hall–Kier alpha value is -3.98. The Bertz CT molecular complexity index is 1290. The predicted octanol–water partition coefficient (Wildman–Crippen LogP) is 5.71. The van der Waals surface area contributed by atoms with Crippen molar-refractivity contribution in [3.8, 4) is 11.4 Å². The van der Waals surface area contributed by atoms with Crippen molar-refractivity contribution in [2.75, 3.05) is 24.3 Å². The van der Waals surface area contributed by atoms with Gasteiger partial charge in [0.25, 0.3) is 0 Å². The maximum absolute atomic E-state index is 13.3. The molecule has 3 aromatic rings. The van der Waals surface area contributed by atoms with E-state index in [-0.39, 0.29) is 5.83 Å². The summed E-state index contributed by atoms with van der Waals surface area (Å²) in [4.78, 5) is 13.7. The van der Waals surface area contributed by atoms with Gasteiger partial charge in [-0.3, -0.25) is 0 Å². The lowest BCUT2D eigenvalue weighted by Crippen LogP contribution is -2.10. The molecule has 35 heavy (non-hydrogen) atoms. The van der Waals surface area contributed by atoms with Gasteiger partial charge >= 0.3 is 0 Å². The van der Waals surface area contributed by atoms with Gasteiger partial charge in [0.2, 0.25) is 5.95 Å². The average molecular weight is 477 g/mol. The molecule has 0 bridgehead atoms. The summed E-state index contributed by atoms with van der Waals surface area (Å²) >= 11 is 0. The van der Waals surface area contributed by atoms with Gasteiger partial charge in [-0.25, -0.2) is 14.4 Å². The number of hydrogen-bond acceptors (Lipinski definition) is 7. The van der Waals surface area contributed by atoms with Crippen LogP contribution >= 0.6 is 0 Å². The molecule has 1 aliphatic rings. The topological polar surface area (TPSA) is 86.1 Å². The molecule has 182 valence electrons. The number of nitrogens with one attached hydrogen (secondary N) is 2. The average Bonchev–Trinajstić information content (AvgIpc) is 3.46. The molecule has 9 heteroatoms. The van der Waals surface area contributed by atoms with E-state index in [0.717, 1.165) is 28.2 Å². The van der Waals surface area contributed by atoms with Gasteiger partial charge in [-0.05, 0) is 44.6 Å². The monoisotopic (exact) mass is 476 g/mol. The molecular formula is C26H29FN6O2. The molecule has 1 aliphatic heterocycles. The Balaban J connectivity index is 1.70. The summed E-state index contributed by atoms with van der Waals surface area (Å²) in [6.07, 6.45) is 7.91. The van der Waals surface area contributed by atoms with Gasteiger partial charge in [-0.1, -0.05) is 18.7 Å². The molecule has 2 N–H and O–H groups in total. The summed E-state index contributed by atoms with van der Waals surface area (Å²) in [5, 5.41) is 6.57. The van der Waals surface area contributed by atoms with E-state index in [0.29, 0.717) is 36.4 Å². The van der Waals surface area contributed by atoms with Crippen LogP contribution in [0.3, 0.4) is 0 Å². The molecule has 3 heterocycles. The highest BCUT2D eigenvalue weighted by Gasteiger charge is 2.31. The molecule has 4 rings (SSSR count). The third-order valence-corrected chi connectivity index (χ3v) is 5.50. The number of nitrogens with zero attached hydrogens (tertiary/aromatic N) is 4. The van der Waals surface area contributed by atoms with E-state index in [1.165, 1.54) is 13.0 Å². The van der Waals surface area contributed by atoms with Crippen LogP contribution in [-0.4, -0.2) is 33.2 Å². The maximum atomic E-state index is 13.3. The van der Waals surface area contributed by atoms with E-state index in [4.69, 9.17) is 14.5 Å². The smallest absolute Gasteiger partial charge is 0.229 e. The number of imidazole rings is 1. The van der Waals surface area contributed by atoms with Crippen LogP contribution in [0.4, 0.5) is 21.8 Å². The van der Waals surface area contributed by atoms with Crippen molar-refractivity contribution in [3.05, 3.63) is 83.9 Å². The third-order valence-electron chi connectivity index (χ3n) is 5.50. The summed E-state index contributed by atoms with van der Waals surface area (Å²) in [6, 6.07) is 5.75. The van der Waals surface area contributed by atoms with Gasteiger partial charge in [0.05, 0.1) is 42.9 Å². The SMILES string of the molecule is C=C/C(=C\C=C(/C)F)C1OCc2c(NCC)nc(Nc3ccc(-n4cnc(C)c4)c(OC)c3)nc21. The fourth-order valence-electron chi connectivity index (χ4n) is 3.85. The van der Waals surface area contributed by atoms with Crippen LogP contribution in [-0.2, 0) is 11.3 Å². The fourth-order valence-corrected chi connectivity index (χ4v) is 3.85. The molecular weight excluding hydrogens is 447 g/mol. The number of ether oxygens (including phenoxy) is 2. The molecule has 1 aromatic carbocycles. The Morgan fingerprint density at radius 1 is 1.34 bits per heavy atom. The minimum absolute atomic E-state index is 0.302. The van der Waals surface area contributed by atoms with Gasteiger partial charge in [-0.15, -0.1) is 0 Å². The molecule has 0 amide bonds. The molecule has 8 nitrogen and oxygen atoms in total. The van der Waals surface area contributed by atoms with Crippen LogP contribution in [0.2, 0.25) is 0 Å². The fraction of sp³-hybridized carbons (Fsp3) is 0.269. The number of methoxy groups -OCH3 is 1.